The van der Waals surface area contributed by atoms with Crippen LogP contribution in [0.25, 0.3) is 0 Å². The molecule has 1 N–H and O–H groups in total. The summed E-state index contributed by atoms with van der Waals surface area (Å²) in [5, 5.41) is 8.40. The lowest BCUT2D eigenvalue weighted by atomic mass is 10.3. The van der Waals surface area contributed by atoms with E-state index in [0.717, 1.165) is 0 Å². The number of halogens is 2. The maximum Gasteiger partial charge on any atom is 0.354 e. The quantitative estimate of drug-likeness (QED) is 0.770. The molecule has 0 atom stereocenters. The van der Waals surface area contributed by atoms with E-state index in [-0.39, 0.29) is 22.2 Å². The number of carboxylic acid groups (broad SMARTS) is 1. The number of carbonyl (C=O) groups is 2. The Morgan fingerprint density at radius 3 is 2.00 bits per heavy atom. The van der Waals surface area contributed by atoms with E-state index in [1.807, 2.05) is 0 Å². The fourth-order valence-corrected chi connectivity index (χ4v) is 2.13. The number of aromatic carboxylic acids is 1. The van der Waals surface area contributed by atoms with Crippen molar-refractivity contribution >= 4 is 35.1 Å². The summed E-state index contributed by atoms with van der Waals surface area (Å²) >= 11 is 10.9. The van der Waals surface area contributed by atoms with Gasteiger partial charge >= 0.3 is 5.97 Å². The topological polar surface area (TPSA) is 118 Å². The van der Waals surface area contributed by atoms with Crippen LogP contribution in [0.1, 0.15) is 21.0 Å². The van der Waals surface area contributed by atoms with Gasteiger partial charge in [0.1, 0.15) is 5.69 Å². The van der Waals surface area contributed by atoms with Gasteiger partial charge in [-0.05, 0) is 35.3 Å². The average Bonchev–Trinajstić information content (AvgIpc) is 2.62. The smallest absolute Gasteiger partial charge is 0.354 e. The molecule has 0 aliphatic carbocycles. The number of carboxylic acids is 1. The first-order valence-corrected chi connectivity index (χ1v) is 7.80. The molecule has 2 aromatic rings. The molecule has 3 rings (SSSR count). The molecule has 2 aromatic heterocycles. The third-order valence-electron chi connectivity index (χ3n) is 2.99. The minimum Gasteiger partial charge on any atom is -0.477 e. The number of rotatable bonds is 2. The van der Waals surface area contributed by atoms with Crippen molar-refractivity contribution in [2.45, 2.75) is 0 Å². The van der Waals surface area contributed by atoms with E-state index in [4.69, 9.17) is 33.0 Å². The van der Waals surface area contributed by atoms with Crippen LogP contribution in [-0.2, 0) is 4.74 Å². The van der Waals surface area contributed by atoms with E-state index in [1.165, 1.54) is 18.5 Å². The molecule has 1 aliphatic rings. The van der Waals surface area contributed by atoms with Crippen LogP contribution < -0.4 is 0 Å². The summed E-state index contributed by atoms with van der Waals surface area (Å²) in [5.74, 6) is -1.23. The van der Waals surface area contributed by atoms with Crippen molar-refractivity contribution in [1.29, 1.82) is 0 Å². The number of carbonyl (C=O) groups excluding carboxylic acids is 1. The van der Waals surface area contributed by atoms with Crippen LogP contribution in [0.15, 0.2) is 24.5 Å². The van der Waals surface area contributed by atoms with Crippen LogP contribution in [0.3, 0.4) is 0 Å². The summed E-state index contributed by atoms with van der Waals surface area (Å²) < 4.78 is 5.16. The Kier molecular flexibility index (Phi) is 6.99. The Morgan fingerprint density at radius 2 is 1.52 bits per heavy atom. The second-order valence-corrected chi connectivity index (χ2v) is 5.31. The Labute approximate surface area is 152 Å². The lowest BCUT2D eigenvalue weighted by Crippen LogP contribution is -2.41. The van der Waals surface area contributed by atoms with E-state index >= 15 is 0 Å². The molecule has 1 amide bonds. The molecule has 0 unspecified atom stereocenters. The van der Waals surface area contributed by atoms with Crippen molar-refractivity contribution in [3.05, 3.63) is 46.5 Å². The van der Waals surface area contributed by atoms with Crippen molar-refractivity contribution in [3.63, 3.8) is 0 Å². The van der Waals surface area contributed by atoms with Crippen molar-refractivity contribution in [2.75, 3.05) is 26.3 Å². The van der Waals surface area contributed by atoms with Crippen molar-refractivity contribution < 1.29 is 19.4 Å². The van der Waals surface area contributed by atoms with Crippen LogP contribution in [-0.4, -0.2) is 68.1 Å². The molecule has 1 aliphatic heterocycles. The third kappa shape index (κ3) is 5.89. The number of ether oxygens (including phenoxy) is 1. The zero-order valence-corrected chi connectivity index (χ0v) is 14.3. The summed E-state index contributed by atoms with van der Waals surface area (Å²) in [6.45, 7) is 2.34. The molecule has 3 heterocycles. The van der Waals surface area contributed by atoms with Crippen LogP contribution in [0.2, 0.25) is 10.6 Å². The second kappa shape index (κ2) is 9.21. The number of amides is 1. The summed E-state index contributed by atoms with van der Waals surface area (Å²) in [6.07, 6.45) is 2.77. The summed E-state index contributed by atoms with van der Waals surface area (Å²) in [7, 11) is 0. The van der Waals surface area contributed by atoms with E-state index in [1.54, 1.807) is 11.0 Å². The van der Waals surface area contributed by atoms with Gasteiger partial charge < -0.3 is 14.7 Å². The molecule has 1 saturated heterocycles. The maximum atomic E-state index is 11.9. The fraction of sp³-hybridized carbons (Fsp3) is 0.286. The van der Waals surface area contributed by atoms with Gasteiger partial charge in [-0.15, -0.1) is 0 Å². The lowest BCUT2D eigenvalue weighted by molar-refractivity contribution is 0.0299. The van der Waals surface area contributed by atoms with Crippen LogP contribution >= 0.6 is 23.2 Å². The standard InChI is InChI=1S/C9H10ClN3O2.C5H3ClN2O2/c10-9-11-2-1-7(12-9)8(14)13-3-5-15-6-4-13;6-5-7-2-1-3(8-5)4(9)10/h1-2H,3-6H2;1-2H,(H,9,10). The van der Waals surface area contributed by atoms with Gasteiger partial charge in [0.25, 0.3) is 5.91 Å². The largest absolute Gasteiger partial charge is 0.477 e. The van der Waals surface area contributed by atoms with E-state index < -0.39 is 5.97 Å². The highest BCUT2D eigenvalue weighted by atomic mass is 35.5. The van der Waals surface area contributed by atoms with Gasteiger partial charge in [-0.2, -0.15) is 0 Å². The SMILES string of the molecule is O=C(O)c1ccnc(Cl)n1.O=C(c1ccnc(Cl)n1)N1CCOCC1. The monoisotopic (exact) mass is 385 g/mol. The first-order chi connectivity index (χ1) is 12.0. The van der Waals surface area contributed by atoms with Gasteiger partial charge in [0.2, 0.25) is 10.6 Å². The Bertz CT molecular complexity index is 756. The van der Waals surface area contributed by atoms with E-state index in [9.17, 15) is 9.59 Å². The maximum absolute atomic E-state index is 11.9. The Hall–Kier alpha value is -2.36. The van der Waals surface area contributed by atoms with Crippen LogP contribution in [0, 0.1) is 0 Å². The van der Waals surface area contributed by atoms with Crippen molar-refractivity contribution in [2.24, 2.45) is 0 Å². The number of nitrogens with zero attached hydrogens (tertiary/aromatic N) is 5. The molecule has 1 fully saturated rings. The number of morpholine rings is 1. The lowest BCUT2D eigenvalue weighted by Gasteiger charge is -2.26. The predicted molar refractivity (Wildman–Crippen MR) is 87.8 cm³/mol. The molecular formula is C14H13Cl2N5O4. The number of hydrogen-bond acceptors (Lipinski definition) is 7. The first-order valence-electron chi connectivity index (χ1n) is 7.05. The minimum atomic E-state index is -1.11. The van der Waals surface area contributed by atoms with Gasteiger partial charge in [0.15, 0.2) is 5.69 Å². The number of hydrogen-bond donors (Lipinski definition) is 1. The molecule has 0 spiro atoms. The zero-order chi connectivity index (χ0) is 18.2. The Morgan fingerprint density at radius 1 is 1.00 bits per heavy atom. The molecule has 0 saturated carbocycles. The van der Waals surface area contributed by atoms with Gasteiger partial charge in [0, 0.05) is 25.5 Å². The molecule has 11 heteroatoms. The summed E-state index contributed by atoms with van der Waals surface area (Å²) in [6, 6.07) is 2.83. The summed E-state index contributed by atoms with van der Waals surface area (Å²) in [4.78, 5) is 38.3. The highest BCUT2D eigenvalue weighted by Gasteiger charge is 2.19. The molecule has 25 heavy (non-hydrogen) atoms. The van der Waals surface area contributed by atoms with Gasteiger partial charge in [-0.1, -0.05) is 0 Å². The zero-order valence-electron chi connectivity index (χ0n) is 12.8. The van der Waals surface area contributed by atoms with Crippen LogP contribution in [0.5, 0.6) is 0 Å². The molecule has 0 aromatic carbocycles. The normalized spacial score (nSPS) is 13.6. The second-order valence-electron chi connectivity index (χ2n) is 4.63. The van der Waals surface area contributed by atoms with Gasteiger partial charge in [0.05, 0.1) is 13.2 Å². The fourth-order valence-electron chi connectivity index (χ4n) is 1.84. The predicted octanol–water partition coefficient (Wildman–Crippen LogP) is 1.43. The number of aromatic nitrogens is 4. The van der Waals surface area contributed by atoms with Gasteiger partial charge in [-0.25, -0.2) is 24.7 Å². The molecule has 0 bridgehead atoms. The Balaban J connectivity index is 0.000000196. The van der Waals surface area contributed by atoms with E-state index in [0.29, 0.717) is 32.0 Å². The molecule has 132 valence electrons. The molecule has 0 radical (unpaired) electrons. The van der Waals surface area contributed by atoms with Gasteiger partial charge in [-0.3, -0.25) is 4.79 Å². The van der Waals surface area contributed by atoms with Crippen LogP contribution in [0.4, 0.5) is 0 Å². The third-order valence-corrected chi connectivity index (χ3v) is 3.35. The van der Waals surface area contributed by atoms with Crippen molar-refractivity contribution in [3.8, 4) is 0 Å². The van der Waals surface area contributed by atoms with Crippen molar-refractivity contribution in [1.82, 2.24) is 24.8 Å². The molecular weight excluding hydrogens is 373 g/mol. The van der Waals surface area contributed by atoms with E-state index in [2.05, 4.69) is 19.9 Å². The molecule has 9 nitrogen and oxygen atoms in total. The average molecular weight is 386 g/mol. The summed E-state index contributed by atoms with van der Waals surface area (Å²) in [5.41, 5.74) is 0.233. The highest BCUT2D eigenvalue weighted by molar-refractivity contribution is 6.28. The first kappa shape index (κ1) is 19.0. The minimum absolute atomic E-state index is 0.0556. The highest BCUT2D eigenvalue weighted by Crippen LogP contribution is 2.07.